The highest BCUT2D eigenvalue weighted by Crippen LogP contribution is 2.32. The summed E-state index contributed by atoms with van der Waals surface area (Å²) >= 11 is 0. The van der Waals surface area contributed by atoms with Crippen LogP contribution in [0.3, 0.4) is 0 Å². The fourth-order valence-electron chi connectivity index (χ4n) is 2.75. The van der Waals surface area contributed by atoms with Crippen LogP contribution in [0.1, 0.15) is 80.6 Å². The summed E-state index contributed by atoms with van der Waals surface area (Å²) in [6.45, 7) is 17.1. The Balaban J connectivity index is 0. The minimum atomic E-state index is 0.979. The van der Waals surface area contributed by atoms with Crippen molar-refractivity contribution in [2.24, 2.45) is 11.8 Å². The molecule has 1 aliphatic carbocycles. The number of allylic oxidation sites excluding steroid dienone is 3. The van der Waals surface area contributed by atoms with Gasteiger partial charge in [-0.1, -0.05) is 71.3 Å². The summed E-state index contributed by atoms with van der Waals surface area (Å²) in [5.74, 6) is 1.98. The zero-order valence-corrected chi connectivity index (χ0v) is 16.8. The normalized spacial score (nSPS) is 20.2. The Hall–Kier alpha value is -0.560. The van der Waals surface area contributed by atoms with Gasteiger partial charge < -0.3 is 4.90 Å². The lowest BCUT2D eigenvalue weighted by atomic mass is 10.0. The van der Waals surface area contributed by atoms with E-state index in [1.54, 1.807) is 0 Å². The lowest BCUT2D eigenvalue weighted by Gasteiger charge is -2.18. The second kappa shape index (κ2) is 16.8. The van der Waals surface area contributed by atoms with Gasteiger partial charge in [0.25, 0.3) is 0 Å². The van der Waals surface area contributed by atoms with Gasteiger partial charge in [0.05, 0.1) is 0 Å². The summed E-state index contributed by atoms with van der Waals surface area (Å²) in [7, 11) is 2.26. The van der Waals surface area contributed by atoms with E-state index in [1.165, 1.54) is 50.8 Å². The van der Waals surface area contributed by atoms with Gasteiger partial charge in [-0.2, -0.15) is 0 Å². The molecule has 0 aromatic rings. The van der Waals surface area contributed by atoms with E-state index in [2.05, 4.69) is 50.9 Å². The largest absolute Gasteiger partial charge is 0.306 e. The molecule has 0 N–H and O–H groups in total. The van der Waals surface area contributed by atoms with Crippen LogP contribution in [0.5, 0.6) is 0 Å². The average Bonchev–Trinajstić information content (AvgIpc) is 2.94. The molecule has 0 heterocycles. The summed E-state index contributed by atoms with van der Waals surface area (Å²) in [6, 6.07) is 0. The third-order valence-corrected chi connectivity index (χ3v) is 3.97. The first-order chi connectivity index (χ1) is 10.6. The molecular weight excluding hydrogens is 266 g/mol. The van der Waals surface area contributed by atoms with Crippen LogP contribution in [0.2, 0.25) is 0 Å². The van der Waals surface area contributed by atoms with Crippen molar-refractivity contribution in [1.29, 1.82) is 0 Å². The molecule has 1 rings (SSSR count). The third-order valence-electron chi connectivity index (χ3n) is 3.97. The van der Waals surface area contributed by atoms with E-state index in [1.807, 2.05) is 27.7 Å². The molecule has 0 saturated heterocycles. The molecule has 0 aliphatic heterocycles. The second-order valence-corrected chi connectivity index (χ2v) is 6.34. The molecule has 0 radical (unpaired) electrons. The van der Waals surface area contributed by atoms with E-state index in [4.69, 9.17) is 0 Å². The highest BCUT2D eigenvalue weighted by Gasteiger charge is 2.20. The quantitative estimate of drug-likeness (QED) is 0.472. The predicted octanol–water partition coefficient (Wildman–Crippen LogP) is 6.71. The van der Waals surface area contributed by atoms with Gasteiger partial charge in [0.2, 0.25) is 0 Å². The van der Waals surface area contributed by atoms with Crippen molar-refractivity contribution < 1.29 is 0 Å². The van der Waals surface area contributed by atoms with E-state index in [0.29, 0.717) is 0 Å². The van der Waals surface area contributed by atoms with Gasteiger partial charge in [-0.05, 0) is 58.5 Å². The van der Waals surface area contributed by atoms with E-state index in [-0.39, 0.29) is 0 Å². The second-order valence-electron chi connectivity index (χ2n) is 6.34. The number of rotatable bonds is 7. The SMILES string of the molecule is CC.CC.CC(C)=C/C=C\CCN(C)CCC1CCC(C)C1. The fraction of sp³-hybridized carbons (Fsp3) is 0.810. The van der Waals surface area contributed by atoms with Crippen LogP contribution in [-0.2, 0) is 0 Å². The first-order valence-corrected chi connectivity index (χ1v) is 9.56. The van der Waals surface area contributed by atoms with Crippen molar-refractivity contribution in [3.63, 3.8) is 0 Å². The van der Waals surface area contributed by atoms with Gasteiger partial charge in [-0.15, -0.1) is 0 Å². The van der Waals surface area contributed by atoms with Gasteiger partial charge in [-0.25, -0.2) is 0 Å². The van der Waals surface area contributed by atoms with Crippen LogP contribution >= 0.6 is 0 Å². The smallest absolute Gasteiger partial charge is 0.00130 e. The topological polar surface area (TPSA) is 3.24 Å². The lowest BCUT2D eigenvalue weighted by Crippen LogP contribution is -2.22. The highest BCUT2D eigenvalue weighted by atomic mass is 15.1. The van der Waals surface area contributed by atoms with Crippen molar-refractivity contribution in [3.8, 4) is 0 Å². The maximum Gasteiger partial charge on any atom is 0.00130 e. The van der Waals surface area contributed by atoms with Crippen molar-refractivity contribution in [1.82, 2.24) is 4.90 Å². The zero-order valence-electron chi connectivity index (χ0n) is 16.8. The van der Waals surface area contributed by atoms with E-state index in [0.717, 1.165) is 11.8 Å². The van der Waals surface area contributed by atoms with Crippen molar-refractivity contribution in [2.45, 2.75) is 80.6 Å². The maximum atomic E-state index is 2.48. The Morgan fingerprint density at radius 3 is 2.18 bits per heavy atom. The standard InChI is InChI=1S/C17H31N.2C2H6/c1-15(2)8-6-5-7-12-18(4)13-11-17-10-9-16(3)14-17;2*1-2/h5-6,8,16-17H,7,9-14H2,1-4H3;2*1-2H3/b6-5-;;. The van der Waals surface area contributed by atoms with Gasteiger partial charge in [-0.3, -0.25) is 0 Å². The summed E-state index contributed by atoms with van der Waals surface area (Å²) < 4.78 is 0. The van der Waals surface area contributed by atoms with Gasteiger partial charge >= 0.3 is 0 Å². The van der Waals surface area contributed by atoms with Crippen LogP contribution in [0.4, 0.5) is 0 Å². The Labute approximate surface area is 141 Å². The van der Waals surface area contributed by atoms with E-state index in [9.17, 15) is 0 Å². The Morgan fingerprint density at radius 2 is 1.68 bits per heavy atom. The van der Waals surface area contributed by atoms with Crippen LogP contribution in [0.25, 0.3) is 0 Å². The molecule has 1 saturated carbocycles. The van der Waals surface area contributed by atoms with Crippen LogP contribution in [0, 0.1) is 11.8 Å². The predicted molar refractivity (Wildman–Crippen MR) is 105 cm³/mol. The highest BCUT2D eigenvalue weighted by molar-refractivity contribution is 5.08. The van der Waals surface area contributed by atoms with Crippen LogP contribution < -0.4 is 0 Å². The summed E-state index contributed by atoms with van der Waals surface area (Å²) in [5.41, 5.74) is 1.37. The first-order valence-electron chi connectivity index (χ1n) is 9.56. The summed E-state index contributed by atoms with van der Waals surface area (Å²) in [5, 5.41) is 0. The molecule has 1 fully saturated rings. The fourth-order valence-corrected chi connectivity index (χ4v) is 2.75. The van der Waals surface area contributed by atoms with Crippen LogP contribution in [0.15, 0.2) is 23.8 Å². The molecule has 2 atom stereocenters. The third kappa shape index (κ3) is 14.4. The molecule has 1 nitrogen and oxygen atoms in total. The number of hydrogen-bond donors (Lipinski definition) is 0. The monoisotopic (exact) mass is 309 g/mol. The molecule has 1 aliphatic rings. The molecule has 0 amide bonds. The Morgan fingerprint density at radius 1 is 1.05 bits per heavy atom. The van der Waals surface area contributed by atoms with Gasteiger partial charge in [0.1, 0.15) is 0 Å². The molecule has 0 bridgehead atoms. The van der Waals surface area contributed by atoms with Crippen molar-refractivity contribution >= 4 is 0 Å². The van der Waals surface area contributed by atoms with E-state index < -0.39 is 0 Å². The van der Waals surface area contributed by atoms with Gasteiger partial charge in [0, 0.05) is 6.54 Å². The molecule has 2 unspecified atom stereocenters. The van der Waals surface area contributed by atoms with Crippen molar-refractivity contribution in [3.05, 3.63) is 23.8 Å². The minimum Gasteiger partial charge on any atom is -0.306 e. The lowest BCUT2D eigenvalue weighted by molar-refractivity contribution is 0.303. The molecule has 22 heavy (non-hydrogen) atoms. The molecule has 0 aromatic heterocycles. The van der Waals surface area contributed by atoms with Crippen LogP contribution in [-0.4, -0.2) is 25.0 Å². The zero-order chi connectivity index (χ0) is 17.4. The first kappa shape index (κ1) is 23.7. The number of nitrogens with zero attached hydrogens (tertiary/aromatic N) is 1. The maximum absolute atomic E-state index is 2.48. The van der Waals surface area contributed by atoms with E-state index >= 15 is 0 Å². The molecule has 0 spiro atoms. The molecule has 132 valence electrons. The summed E-state index contributed by atoms with van der Waals surface area (Å²) in [4.78, 5) is 2.48. The average molecular weight is 310 g/mol. The van der Waals surface area contributed by atoms with Crippen molar-refractivity contribution in [2.75, 3.05) is 20.1 Å². The molecule has 0 aromatic carbocycles. The molecule has 1 heteroatoms. The molecular formula is C21H43N. The number of hydrogen-bond acceptors (Lipinski definition) is 1. The Kier molecular flexibility index (Phi) is 18.1. The van der Waals surface area contributed by atoms with Gasteiger partial charge in [0.15, 0.2) is 0 Å². The summed E-state index contributed by atoms with van der Waals surface area (Å²) in [6.07, 6.45) is 13.6. The Bertz CT molecular complexity index is 274. The minimum absolute atomic E-state index is 0.979.